The van der Waals surface area contributed by atoms with E-state index in [0.717, 1.165) is 19.4 Å². The van der Waals surface area contributed by atoms with Crippen LogP contribution in [0, 0.1) is 5.41 Å². The molecule has 0 aromatic heterocycles. The van der Waals surface area contributed by atoms with Gasteiger partial charge in [0, 0.05) is 19.0 Å². The first kappa shape index (κ1) is 18.9. The second kappa shape index (κ2) is 8.95. The molecule has 0 saturated carbocycles. The number of allylic oxidation sites excluding steroid dienone is 2. The summed E-state index contributed by atoms with van der Waals surface area (Å²) in [4.78, 5) is 6.42. The fraction of sp³-hybridized carbons (Fsp3) is 0.800. The highest BCUT2D eigenvalue weighted by Gasteiger charge is 2.24. The third-order valence-electron chi connectivity index (χ3n) is 3.27. The fourth-order valence-corrected chi connectivity index (χ4v) is 1.67. The maximum atomic E-state index is 13.7. The Morgan fingerprint density at radius 1 is 1.35 bits per heavy atom. The number of hydrogen-bond acceptors (Lipinski definition) is 3. The van der Waals surface area contributed by atoms with Crippen molar-refractivity contribution in [2.75, 3.05) is 34.3 Å². The van der Waals surface area contributed by atoms with E-state index in [9.17, 15) is 4.39 Å². The van der Waals surface area contributed by atoms with Crippen LogP contribution in [-0.4, -0.2) is 45.2 Å². The Labute approximate surface area is 123 Å². The number of amidine groups is 1. The average molecular weight is 287 g/mol. The Morgan fingerprint density at radius 2 is 1.95 bits per heavy atom. The van der Waals surface area contributed by atoms with E-state index in [0.29, 0.717) is 18.3 Å². The summed E-state index contributed by atoms with van der Waals surface area (Å²) in [5.74, 6) is -0.263. The Morgan fingerprint density at radius 3 is 2.35 bits per heavy atom. The van der Waals surface area contributed by atoms with Crippen molar-refractivity contribution in [3.63, 3.8) is 0 Å². The zero-order valence-corrected chi connectivity index (χ0v) is 14.0. The lowest BCUT2D eigenvalue weighted by Gasteiger charge is -2.24. The molecule has 0 bridgehead atoms. The zero-order chi connectivity index (χ0) is 15.8. The average Bonchev–Trinajstić information content (AvgIpc) is 2.36. The van der Waals surface area contributed by atoms with Crippen LogP contribution in [0.3, 0.4) is 0 Å². The number of nitrogens with one attached hydrogen (secondary N) is 1. The molecule has 0 heterocycles. The first-order valence-corrected chi connectivity index (χ1v) is 7.15. The summed E-state index contributed by atoms with van der Waals surface area (Å²) in [6.45, 7) is 8.93. The molecule has 4 nitrogen and oxygen atoms in total. The van der Waals surface area contributed by atoms with Crippen molar-refractivity contribution in [3.05, 3.63) is 11.5 Å². The van der Waals surface area contributed by atoms with Crippen molar-refractivity contribution >= 4 is 6.02 Å². The molecule has 0 fully saturated rings. The van der Waals surface area contributed by atoms with Crippen LogP contribution in [0.5, 0.6) is 0 Å². The molecule has 0 rings (SSSR count). The van der Waals surface area contributed by atoms with Crippen molar-refractivity contribution in [2.45, 2.75) is 40.5 Å². The molecule has 0 atom stereocenters. The number of nitrogens with zero attached hydrogens (tertiary/aromatic N) is 2. The lowest BCUT2D eigenvalue weighted by Crippen LogP contribution is -2.26. The summed E-state index contributed by atoms with van der Waals surface area (Å²) in [5, 5.41) is 2.89. The van der Waals surface area contributed by atoms with Crippen molar-refractivity contribution in [1.82, 2.24) is 10.2 Å². The minimum absolute atomic E-state index is 0.263. The highest BCUT2D eigenvalue weighted by Crippen LogP contribution is 2.33. The number of halogens is 1. The van der Waals surface area contributed by atoms with Crippen LogP contribution in [0.4, 0.5) is 4.39 Å². The van der Waals surface area contributed by atoms with Gasteiger partial charge in [-0.1, -0.05) is 20.8 Å². The smallest absolute Gasteiger partial charge is 0.289 e. The molecular formula is C15H30FN3O. The van der Waals surface area contributed by atoms with Gasteiger partial charge in [-0.2, -0.15) is 4.99 Å². The highest BCUT2D eigenvalue weighted by molar-refractivity contribution is 5.74. The molecule has 5 heteroatoms. The maximum Gasteiger partial charge on any atom is 0.289 e. The van der Waals surface area contributed by atoms with E-state index in [-0.39, 0.29) is 11.2 Å². The topological polar surface area (TPSA) is 36.9 Å². The van der Waals surface area contributed by atoms with E-state index in [1.807, 2.05) is 34.9 Å². The first-order chi connectivity index (χ1) is 9.24. The quantitative estimate of drug-likeness (QED) is 0.444. The zero-order valence-electron chi connectivity index (χ0n) is 14.0. The van der Waals surface area contributed by atoms with Crippen molar-refractivity contribution in [2.24, 2.45) is 10.4 Å². The van der Waals surface area contributed by atoms with Gasteiger partial charge in [0.1, 0.15) is 5.83 Å². The molecule has 118 valence electrons. The minimum Gasteiger partial charge on any atom is -0.465 e. The largest absolute Gasteiger partial charge is 0.465 e. The van der Waals surface area contributed by atoms with Crippen LogP contribution in [0.1, 0.15) is 40.5 Å². The normalized spacial score (nSPS) is 14.3. The molecule has 0 aliphatic carbocycles. The van der Waals surface area contributed by atoms with Gasteiger partial charge in [-0.25, -0.2) is 4.39 Å². The Bertz CT molecular complexity index is 345. The molecule has 0 aromatic carbocycles. The van der Waals surface area contributed by atoms with Crippen LogP contribution in [0.2, 0.25) is 0 Å². The van der Waals surface area contributed by atoms with Crippen molar-refractivity contribution in [1.29, 1.82) is 0 Å². The van der Waals surface area contributed by atoms with Crippen LogP contribution in [0.25, 0.3) is 0 Å². The number of rotatable bonds is 7. The number of aliphatic imine (C=N–C) groups is 1. The molecule has 0 radical (unpaired) electrons. The molecule has 0 aromatic rings. The summed E-state index contributed by atoms with van der Waals surface area (Å²) >= 11 is 0. The summed E-state index contributed by atoms with van der Waals surface area (Å²) in [6.07, 6.45) is 1.71. The number of ether oxygens (including phenoxy) is 1. The van der Waals surface area contributed by atoms with E-state index in [1.165, 1.54) is 6.92 Å². The summed E-state index contributed by atoms with van der Waals surface area (Å²) in [7, 11) is 5.77. The Kier molecular flexibility index (Phi) is 8.46. The predicted molar refractivity (Wildman–Crippen MR) is 83.5 cm³/mol. The Balaban J connectivity index is 4.80. The summed E-state index contributed by atoms with van der Waals surface area (Å²) < 4.78 is 19.3. The van der Waals surface area contributed by atoms with Gasteiger partial charge in [-0.3, -0.25) is 0 Å². The van der Waals surface area contributed by atoms with Crippen molar-refractivity contribution < 1.29 is 9.13 Å². The Hall–Kier alpha value is -1.10. The van der Waals surface area contributed by atoms with Crippen LogP contribution in [0.15, 0.2) is 16.5 Å². The SMILES string of the molecule is CCC(C)(C)C(/N=C(\NC)OCCCN(C)C)=C(\C)F. The third-order valence-corrected chi connectivity index (χ3v) is 3.27. The third kappa shape index (κ3) is 6.89. The van der Waals surface area contributed by atoms with E-state index >= 15 is 0 Å². The first-order valence-electron chi connectivity index (χ1n) is 7.15. The molecule has 0 saturated heterocycles. The predicted octanol–water partition coefficient (Wildman–Crippen LogP) is 3.17. The summed E-state index contributed by atoms with van der Waals surface area (Å²) in [5.41, 5.74) is 0.130. The molecule has 0 aliphatic heterocycles. The van der Waals surface area contributed by atoms with Crippen molar-refractivity contribution in [3.8, 4) is 0 Å². The van der Waals surface area contributed by atoms with Gasteiger partial charge in [0.2, 0.25) is 0 Å². The van der Waals surface area contributed by atoms with Gasteiger partial charge in [-0.05, 0) is 33.9 Å². The molecule has 0 amide bonds. The second-order valence-corrected chi connectivity index (χ2v) is 5.79. The fourth-order valence-electron chi connectivity index (χ4n) is 1.67. The van der Waals surface area contributed by atoms with Gasteiger partial charge in [0.25, 0.3) is 6.02 Å². The lowest BCUT2D eigenvalue weighted by molar-refractivity contribution is 0.260. The molecule has 1 N–H and O–H groups in total. The van der Waals surface area contributed by atoms with Gasteiger partial charge < -0.3 is 15.0 Å². The van der Waals surface area contributed by atoms with E-state index in [4.69, 9.17) is 4.74 Å². The summed E-state index contributed by atoms with van der Waals surface area (Å²) in [6, 6.07) is 0.372. The van der Waals surface area contributed by atoms with Crippen LogP contribution >= 0.6 is 0 Å². The second-order valence-electron chi connectivity index (χ2n) is 5.79. The minimum atomic E-state index is -0.312. The van der Waals surface area contributed by atoms with Gasteiger partial charge in [0.05, 0.1) is 12.3 Å². The molecule has 0 unspecified atom stereocenters. The maximum absolute atomic E-state index is 13.7. The van der Waals surface area contributed by atoms with E-state index in [2.05, 4.69) is 15.2 Å². The van der Waals surface area contributed by atoms with Gasteiger partial charge in [0.15, 0.2) is 0 Å². The highest BCUT2D eigenvalue weighted by atomic mass is 19.1. The standard InChI is InChI=1S/C15H30FN3O/c1-8-15(3,4)13(12(2)16)18-14(17-5)20-11-9-10-19(6)7/h8-11H2,1-7H3,(H,17,18)/b13-12-. The van der Waals surface area contributed by atoms with E-state index < -0.39 is 0 Å². The monoisotopic (exact) mass is 287 g/mol. The molecule has 20 heavy (non-hydrogen) atoms. The molecular weight excluding hydrogens is 257 g/mol. The van der Waals surface area contributed by atoms with Gasteiger partial charge in [-0.15, -0.1) is 0 Å². The number of hydrogen-bond donors (Lipinski definition) is 1. The van der Waals surface area contributed by atoms with Crippen LogP contribution < -0.4 is 5.32 Å². The lowest BCUT2D eigenvalue weighted by atomic mass is 9.86. The van der Waals surface area contributed by atoms with Crippen LogP contribution in [-0.2, 0) is 4.74 Å². The molecule has 0 spiro atoms. The molecule has 0 aliphatic rings. The van der Waals surface area contributed by atoms with Gasteiger partial charge >= 0.3 is 0 Å². The van der Waals surface area contributed by atoms with E-state index in [1.54, 1.807) is 7.05 Å².